The maximum Gasteiger partial charge on any atom is 0.131 e. The monoisotopic (exact) mass is 350 g/mol. The van der Waals surface area contributed by atoms with Gasteiger partial charge in [-0.05, 0) is 56.0 Å². The minimum Gasteiger partial charge on any atom is -0.491 e. The number of aryl methyl sites for hydroxylation is 1. The Bertz CT molecular complexity index is 578. The summed E-state index contributed by atoms with van der Waals surface area (Å²) in [5.74, 6) is 0.476. The molecule has 21 heavy (non-hydrogen) atoms. The molecule has 0 atom stereocenters. The molecule has 0 unspecified atom stereocenters. The molecule has 0 radical (unpaired) electrons. The summed E-state index contributed by atoms with van der Waals surface area (Å²) in [5, 5.41) is 0.998. The van der Waals surface area contributed by atoms with Crippen molar-refractivity contribution in [2.75, 3.05) is 5.33 Å². The molecule has 0 aliphatic heterocycles. The van der Waals surface area contributed by atoms with Crippen LogP contribution in [0, 0.1) is 5.82 Å². The Balaban J connectivity index is 2.24. The van der Waals surface area contributed by atoms with E-state index in [0.717, 1.165) is 23.7 Å². The molecular weight excluding hydrogens is 331 g/mol. The SMILES string of the molecule is CC(C)Oc1ccc(F)c(-c2ccc(CCCBr)cc2)c1. The summed E-state index contributed by atoms with van der Waals surface area (Å²) in [7, 11) is 0. The molecule has 0 heterocycles. The first-order chi connectivity index (χ1) is 10.1. The fraction of sp³-hybridized carbons (Fsp3) is 0.333. The normalized spacial score (nSPS) is 10.9. The molecule has 0 amide bonds. The molecule has 0 aliphatic carbocycles. The van der Waals surface area contributed by atoms with Crippen LogP contribution in [0.25, 0.3) is 11.1 Å². The third-order valence-electron chi connectivity index (χ3n) is 3.17. The van der Waals surface area contributed by atoms with Crippen molar-refractivity contribution >= 4 is 15.9 Å². The van der Waals surface area contributed by atoms with Crippen LogP contribution in [0.15, 0.2) is 42.5 Å². The van der Waals surface area contributed by atoms with Crippen molar-refractivity contribution in [1.29, 1.82) is 0 Å². The summed E-state index contributed by atoms with van der Waals surface area (Å²) in [6.07, 6.45) is 2.21. The van der Waals surface area contributed by atoms with Crippen LogP contribution < -0.4 is 4.74 Å². The summed E-state index contributed by atoms with van der Waals surface area (Å²) < 4.78 is 19.7. The zero-order valence-corrected chi connectivity index (χ0v) is 14.0. The van der Waals surface area contributed by atoms with Gasteiger partial charge in [-0.15, -0.1) is 0 Å². The van der Waals surface area contributed by atoms with E-state index in [-0.39, 0.29) is 11.9 Å². The third kappa shape index (κ3) is 4.57. The third-order valence-corrected chi connectivity index (χ3v) is 3.73. The van der Waals surface area contributed by atoms with E-state index in [2.05, 4.69) is 28.1 Å². The summed E-state index contributed by atoms with van der Waals surface area (Å²) in [6.45, 7) is 3.92. The lowest BCUT2D eigenvalue weighted by molar-refractivity contribution is 0.242. The lowest BCUT2D eigenvalue weighted by Crippen LogP contribution is -2.05. The van der Waals surface area contributed by atoms with Crippen LogP contribution in [0.2, 0.25) is 0 Å². The molecule has 0 saturated carbocycles. The van der Waals surface area contributed by atoms with Gasteiger partial charge in [-0.2, -0.15) is 0 Å². The van der Waals surface area contributed by atoms with Gasteiger partial charge in [-0.1, -0.05) is 40.2 Å². The molecule has 0 fully saturated rings. The van der Waals surface area contributed by atoms with E-state index < -0.39 is 0 Å². The predicted octanol–water partition coefficient (Wildman–Crippen LogP) is 5.61. The Morgan fingerprint density at radius 1 is 1.10 bits per heavy atom. The minimum absolute atomic E-state index is 0.0786. The van der Waals surface area contributed by atoms with Gasteiger partial charge in [-0.25, -0.2) is 4.39 Å². The first-order valence-corrected chi connectivity index (χ1v) is 8.34. The number of ether oxygens (including phenoxy) is 1. The van der Waals surface area contributed by atoms with Crippen LogP contribution >= 0.6 is 15.9 Å². The summed E-state index contributed by atoms with van der Waals surface area (Å²) in [5.41, 5.74) is 2.73. The molecule has 3 heteroatoms. The average molecular weight is 351 g/mol. The zero-order chi connectivity index (χ0) is 15.2. The van der Waals surface area contributed by atoms with E-state index in [1.807, 2.05) is 26.0 Å². The van der Waals surface area contributed by atoms with Crippen LogP contribution in [0.4, 0.5) is 4.39 Å². The molecule has 2 aromatic rings. The number of rotatable bonds is 6. The van der Waals surface area contributed by atoms with Gasteiger partial charge in [0, 0.05) is 10.9 Å². The highest BCUT2D eigenvalue weighted by Gasteiger charge is 2.08. The highest BCUT2D eigenvalue weighted by atomic mass is 79.9. The van der Waals surface area contributed by atoms with Gasteiger partial charge in [0.05, 0.1) is 6.10 Å². The Kier molecular flexibility index (Phi) is 5.80. The van der Waals surface area contributed by atoms with Gasteiger partial charge in [0.25, 0.3) is 0 Å². The van der Waals surface area contributed by atoms with Gasteiger partial charge in [0.2, 0.25) is 0 Å². The molecule has 0 spiro atoms. The number of hydrogen-bond acceptors (Lipinski definition) is 1. The molecule has 1 nitrogen and oxygen atoms in total. The molecule has 0 N–H and O–H groups in total. The number of halogens is 2. The van der Waals surface area contributed by atoms with E-state index in [9.17, 15) is 4.39 Å². The standard InChI is InChI=1S/C18H20BrFO/c1-13(2)21-16-9-10-18(20)17(12-16)15-7-5-14(6-8-15)4-3-11-19/h5-10,12-13H,3-4,11H2,1-2H3. The van der Waals surface area contributed by atoms with E-state index in [0.29, 0.717) is 11.3 Å². The number of alkyl halides is 1. The first-order valence-electron chi connectivity index (χ1n) is 7.21. The van der Waals surface area contributed by atoms with Gasteiger partial charge in [0.1, 0.15) is 11.6 Å². The quantitative estimate of drug-likeness (QED) is 0.615. The summed E-state index contributed by atoms with van der Waals surface area (Å²) >= 11 is 3.43. The van der Waals surface area contributed by atoms with Crippen molar-refractivity contribution in [3.63, 3.8) is 0 Å². The topological polar surface area (TPSA) is 9.23 Å². The Morgan fingerprint density at radius 3 is 2.43 bits per heavy atom. The smallest absolute Gasteiger partial charge is 0.131 e. The van der Waals surface area contributed by atoms with E-state index in [1.54, 1.807) is 12.1 Å². The molecule has 2 aromatic carbocycles. The van der Waals surface area contributed by atoms with Crippen LogP contribution in [-0.2, 0) is 6.42 Å². The molecule has 0 aliphatic rings. The number of benzene rings is 2. The highest BCUT2D eigenvalue weighted by Crippen LogP contribution is 2.28. The van der Waals surface area contributed by atoms with Crippen LogP contribution in [0.3, 0.4) is 0 Å². The summed E-state index contributed by atoms with van der Waals surface area (Å²) in [6, 6.07) is 13.0. The molecule has 112 valence electrons. The van der Waals surface area contributed by atoms with Crippen molar-refractivity contribution in [3.8, 4) is 16.9 Å². The van der Waals surface area contributed by atoms with Crippen molar-refractivity contribution < 1.29 is 9.13 Å². The maximum absolute atomic E-state index is 14.0. The molecule has 0 saturated heterocycles. The zero-order valence-electron chi connectivity index (χ0n) is 12.4. The fourth-order valence-corrected chi connectivity index (χ4v) is 2.47. The van der Waals surface area contributed by atoms with Gasteiger partial charge in [0.15, 0.2) is 0 Å². The average Bonchev–Trinajstić information content (AvgIpc) is 2.47. The van der Waals surface area contributed by atoms with Crippen molar-refractivity contribution in [2.24, 2.45) is 0 Å². The molecule has 2 rings (SSSR count). The second kappa shape index (κ2) is 7.60. The van der Waals surface area contributed by atoms with Crippen LogP contribution in [0.1, 0.15) is 25.8 Å². The second-order valence-corrected chi connectivity index (χ2v) is 6.09. The predicted molar refractivity (Wildman–Crippen MR) is 89.7 cm³/mol. The largest absolute Gasteiger partial charge is 0.491 e. The summed E-state index contributed by atoms with van der Waals surface area (Å²) in [4.78, 5) is 0. The van der Waals surface area contributed by atoms with E-state index in [4.69, 9.17) is 4.74 Å². The lowest BCUT2D eigenvalue weighted by Gasteiger charge is -2.12. The van der Waals surface area contributed by atoms with Crippen molar-refractivity contribution in [1.82, 2.24) is 0 Å². The first kappa shape index (κ1) is 16.0. The van der Waals surface area contributed by atoms with Crippen LogP contribution in [0.5, 0.6) is 5.75 Å². The fourth-order valence-electron chi connectivity index (χ4n) is 2.19. The van der Waals surface area contributed by atoms with Crippen LogP contribution in [-0.4, -0.2) is 11.4 Å². The Morgan fingerprint density at radius 2 is 1.81 bits per heavy atom. The Hall–Kier alpha value is -1.35. The van der Waals surface area contributed by atoms with E-state index in [1.165, 1.54) is 11.6 Å². The maximum atomic E-state index is 14.0. The molecule has 0 bridgehead atoms. The Labute approximate surface area is 134 Å². The van der Waals surface area contributed by atoms with E-state index >= 15 is 0 Å². The molecule has 0 aromatic heterocycles. The van der Waals surface area contributed by atoms with Crippen molar-refractivity contribution in [2.45, 2.75) is 32.8 Å². The van der Waals surface area contributed by atoms with Gasteiger partial charge in [-0.3, -0.25) is 0 Å². The minimum atomic E-state index is -0.223. The highest BCUT2D eigenvalue weighted by molar-refractivity contribution is 9.09. The molecular formula is C18H20BrFO. The van der Waals surface area contributed by atoms with Gasteiger partial charge < -0.3 is 4.74 Å². The van der Waals surface area contributed by atoms with Gasteiger partial charge >= 0.3 is 0 Å². The van der Waals surface area contributed by atoms with Crippen molar-refractivity contribution in [3.05, 3.63) is 53.8 Å². The second-order valence-electron chi connectivity index (χ2n) is 5.30. The lowest BCUT2D eigenvalue weighted by atomic mass is 10.0. The number of hydrogen-bond donors (Lipinski definition) is 0.